The second kappa shape index (κ2) is 3.63. The maximum absolute atomic E-state index is 10.4. The summed E-state index contributed by atoms with van der Waals surface area (Å²) < 4.78 is 15.4. The Morgan fingerprint density at radius 2 is 2.36 bits per heavy atom. The molecule has 5 nitrogen and oxygen atoms in total. The average molecular weight is 195 g/mol. The van der Waals surface area contributed by atoms with Crippen molar-refractivity contribution in [2.75, 3.05) is 13.9 Å². The Balaban J connectivity index is 2.52. The minimum Gasteiger partial charge on any atom is -0.493 e. The molecule has 74 valence electrons. The van der Waals surface area contributed by atoms with Gasteiger partial charge in [0.15, 0.2) is 18.3 Å². The summed E-state index contributed by atoms with van der Waals surface area (Å²) in [6, 6.07) is 3.17. The van der Waals surface area contributed by atoms with Crippen molar-refractivity contribution < 1.29 is 14.2 Å². The van der Waals surface area contributed by atoms with Gasteiger partial charge in [0.1, 0.15) is 5.69 Å². The fourth-order valence-corrected chi connectivity index (χ4v) is 1.37. The van der Waals surface area contributed by atoms with Gasteiger partial charge in [-0.2, -0.15) is 0 Å². The maximum Gasteiger partial charge on any atom is 0.189 e. The van der Waals surface area contributed by atoms with Gasteiger partial charge in [-0.15, -0.1) is 4.91 Å². The number of methoxy groups -OCH3 is 1. The van der Waals surface area contributed by atoms with Crippen LogP contribution in [0.3, 0.4) is 0 Å². The molecule has 0 fully saturated rings. The average Bonchev–Trinajstić information content (AvgIpc) is 2.27. The highest BCUT2D eigenvalue weighted by Crippen LogP contribution is 2.37. The van der Waals surface area contributed by atoms with E-state index in [2.05, 4.69) is 5.18 Å². The molecule has 1 aliphatic rings. The third kappa shape index (κ3) is 1.42. The van der Waals surface area contributed by atoms with Crippen molar-refractivity contribution in [1.82, 2.24) is 0 Å². The topological polar surface area (TPSA) is 57.1 Å². The van der Waals surface area contributed by atoms with Crippen LogP contribution in [-0.2, 0) is 11.3 Å². The number of fused-ring (bicyclic) bond motifs is 1. The summed E-state index contributed by atoms with van der Waals surface area (Å²) in [5.41, 5.74) is 1.10. The highest BCUT2D eigenvalue weighted by molar-refractivity contribution is 5.56. The first-order valence-electron chi connectivity index (χ1n) is 4.10. The van der Waals surface area contributed by atoms with Crippen molar-refractivity contribution in [1.29, 1.82) is 0 Å². The molecule has 2 rings (SSSR count). The summed E-state index contributed by atoms with van der Waals surface area (Å²) in [7, 11) is 1.52. The van der Waals surface area contributed by atoms with Gasteiger partial charge in [0.05, 0.1) is 13.7 Å². The van der Waals surface area contributed by atoms with Crippen molar-refractivity contribution >= 4 is 5.69 Å². The third-order valence-electron chi connectivity index (χ3n) is 1.99. The number of hydrogen-bond donors (Lipinski definition) is 0. The molecule has 0 atom stereocenters. The van der Waals surface area contributed by atoms with Crippen LogP contribution in [-0.4, -0.2) is 13.9 Å². The number of hydrogen-bond acceptors (Lipinski definition) is 5. The van der Waals surface area contributed by atoms with Gasteiger partial charge in [-0.25, -0.2) is 0 Å². The predicted octanol–water partition coefficient (Wildman–Crippen LogP) is 1.96. The highest BCUT2D eigenvalue weighted by atomic mass is 16.7. The number of nitroso groups, excluding NO2 is 1. The van der Waals surface area contributed by atoms with Gasteiger partial charge < -0.3 is 14.2 Å². The van der Waals surface area contributed by atoms with Crippen LogP contribution in [0.15, 0.2) is 17.3 Å². The van der Waals surface area contributed by atoms with Crippen molar-refractivity contribution in [3.8, 4) is 11.5 Å². The van der Waals surface area contributed by atoms with Crippen LogP contribution >= 0.6 is 0 Å². The molecule has 0 bridgehead atoms. The van der Waals surface area contributed by atoms with E-state index < -0.39 is 0 Å². The van der Waals surface area contributed by atoms with Crippen molar-refractivity contribution in [2.24, 2.45) is 5.18 Å². The monoisotopic (exact) mass is 195 g/mol. The molecule has 0 N–H and O–H groups in total. The Morgan fingerprint density at radius 3 is 3.07 bits per heavy atom. The van der Waals surface area contributed by atoms with Crippen LogP contribution in [0.5, 0.6) is 11.5 Å². The van der Waals surface area contributed by atoms with E-state index in [4.69, 9.17) is 14.2 Å². The van der Waals surface area contributed by atoms with Crippen LogP contribution < -0.4 is 9.47 Å². The van der Waals surface area contributed by atoms with Crippen molar-refractivity contribution in [3.63, 3.8) is 0 Å². The standard InChI is InChI=1S/C9H9NO4/c1-12-8-3-7(10-11)2-6-4-13-5-14-9(6)8/h2-3H,4-5H2,1H3. The Morgan fingerprint density at radius 1 is 1.50 bits per heavy atom. The van der Waals surface area contributed by atoms with Gasteiger partial charge in [-0.3, -0.25) is 0 Å². The van der Waals surface area contributed by atoms with Gasteiger partial charge in [-0.1, -0.05) is 0 Å². The van der Waals surface area contributed by atoms with Crippen LogP contribution in [0.1, 0.15) is 5.56 Å². The summed E-state index contributed by atoms with van der Waals surface area (Å²) in [6.07, 6.45) is 0. The Kier molecular flexibility index (Phi) is 2.32. The first-order valence-corrected chi connectivity index (χ1v) is 4.10. The van der Waals surface area contributed by atoms with E-state index in [9.17, 15) is 4.91 Å². The summed E-state index contributed by atoms with van der Waals surface area (Å²) in [4.78, 5) is 10.4. The van der Waals surface area contributed by atoms with Gasteiger partial charge in [-0.05, 0) is 11.2 Å². The SMILES string of the molecule is COc1cc(N=O)cc2c1OCOC2. The molecule has 14 heavy (non-hydrogen) atoms. The first-order chi connectivity index (χ1) is 6.85. The van der Waals surface area contributed by atoms with E-state index in [1.807, 2.05) is 0 Å². The lowest BCUT2D eigenvalue weighted by atomic mass is 10.1. The molecule has 1 aromatic carbocycles. The molecule has 1 heterocycles. The summed E-state index contributed by atoms with van der Waals surface area (Å²) in [5.74, 6) is 1.14. The Hall–Kier alpha value is -1.62. The zero-order valence-corrected chi connectivity index (χ0v) is 7.65. The van der Waals surface area contributed by atoms with E-state index >= 15 is 0 Å². The molecule has 1 aliphatic heterocycles. The molecular weight excluding hydrogens is 186 g/mol. The van der Waals surface area contributed by atoms with E-state index in [0.29, 0.717) is 23.8 Å². The number of rotatable bonds is 2. The quantitative estimate of drug-likeness (QED) is 0.677. The lowest BCUT2D eigenvalue weighted by Crippen LogP contribution is -2.12. The van der Waals surface area contributed by atoms with E-state index in [1.165, 1.54) is 13.2 Å². The van der Waals surface area contributed by atoms with Crippen LogP contribution in [0.25, 0.3) is 0 Å². The van der Waals surface area contributed by atoms with Crippen molar-refractivity contribution in [3.05, 3.63) is 22.6 Å². The highest BCUT2D eigenvalue weighted by Gasteiger charge is 2.17. The molecule has 0 aromatic heterocycles. The van der Waals surface area contributed by atoms with Crippen LogP contribution in [0.4, 0.5) is 5.69 Å². The zero-order valence-electron chi connectivity index (χ0n) is 7.65. The largest absolute Gasteiger partial charge is 0.493 e. The molecule has 0 saturated heterocycles. The molecule has 0 aliphatic carbocycles. The second-order valence-electron chi connectivity index (χ2n) is 2.84. The Bertz CT molecular complexity index is 347. The molecule has 0 saturated carbocycles. The normalized spacial score (nSPS) is 14.1. The van der Waals surface area contributed by atoms with E-state index in [0.717, 1.165) is 5.56 Å². The first kappa shape index (κ1) is 8.96. The molecule has 5 heteroatoms. The lowest BCUT2D eigenvalue weighted by molar-refractivity contribution is -0.0179. The zero-order chi connectivity index (χ0) is 9.97. The smallest absolute Gasteiger partial charge is 0.189 e. The summed E-state index contributed by atoms with van der Waals surface area (Å²) >= 11 is 0. The van der Waals surface area contributed by atoms with Crippen LogP contribution in [0, 0.1) is 4.91 Å². The maximum atomic E-state index is 10.4. The molecular formula is C9H9NO4. The fourth-order valence-electron chi connectivity index (χ4n) is 1.37. The second-order valence-corrected chi connectivity index (χ2v) is 2.84. The van der Waals surface area contributed by atoms with E-state index in [1.54, 1.807) is 6.07 Å². The van der Waals surface area contributed by atoms with Crippen LogP contribution in [0.2, 0.25) is 0 Å². The fraction of sp³-hybridized carbons (Fsp3) is 0.333. The van der Waals surface area contributed by atoms with Gasteiger partial charge in [0.2, 0.25) is 0 Å². The molecule has 1 aromatic rings. The minimum atomic E-state index is 0.206. The molecule has 0 radical (unpaired) electrons. The van der Waals surface area contributed by atoms with Gasteiger partial charge in [0.25, 0.3) is 0 Å². The Labute approximate surface area is 80.6 Å². The third-order valence-corrected chi connectivity index (χ3v) is 1.99. The summed E-state index contributed by atoms with van der Waals surface area (Å²) in [5, 5.41) is 2.85. The van der Waals surface area contributed by atoms with E-state index in [-0.39, 0.29) is 6.79 Å². The van der Waals surface area contributed by atoms with Crippen molar-refractivity contribution in [2.45, 2.75) is 6.61 Å². The lowest BCUT2D eigenvalue weighted by Gasteiger charge is -2.19. The molecule has 0 amide bonds. The minimum absolute atomic E-state index is 0.206. The van der Waals surface area contributed by atoms with Gasteiger partial charge >= 0.3 is 0 Å². The molecule has 0 unspecified atom stereocenters. The predicted molar refractivity (Wildman–Crippen MR) is 48.7 cm³/mol. The number of benzene rings is 1. The number of nitrogens with zero attached hydrogens (tertiary/aromatic N) is 1. The van der Waals surface area contributed by atoms with Gasteiger partial charge in [0, 0.05) is 11.6 Å². The molecule has 0 spiro atoms. The number of ether oxygens (including phenoxy) is 3. The summed E-state index contributed by atoms with van der Waals surface area (Å²) in [6.45, 7) is 0.617.